The summed E-state index contributed by atoms with van der Waals surface area (Å²) < 4.78 is 1.52. The minimum Gasteiger partial charge on any atom is -0.383 e. The molecule has 39 heavy (non-hydrogen) atoms. The molecule has 13 heteroatoms. The van der Waals surface area contributed by atoms with Crippen molar-refractivity contribution in [3.63, 3.8) is 0 Å². The maximum absolute atomic E-state index is 13.1. The molecular weight excluding hydrogens is 498 g/mol. The number of piperidine rings is 1. The molecule has 13 nitrogen and oxygen atoms in total. The standard InChI is InChI=1S/C26H25N11O2/c1-13(38)21-22(15-8-16-3-4-17(9-15)36(16)26(39)24-29-12-31-35-24)33-25-18(11-32-37(25)23(21)27)14-2-5-19(28-10-14)20-6-7-30-34-20/h2,5-7,10-12,15-17H,3-4,8-9,27H2,1H3,(H,30,34)(H,29,31,35)/t15-,16-,17+. The van der Waals surface area contributed by atoms with Crippen LogP contribution in [0, 0.1) is 0 Å². The number of anilines is 1. The Morgan fingerprint density at radius 1 is 1.08 bits per heavy atom. The number of nitrogens with one attached hydrogen (secondary N) is 2. The van der Waals surface area contributed by atoms with Gasteiger partial charge in [-0.25, -0.2) is 4.98 Å². The van der Waals surface area contributed by atoms with Gasteiger partial charge in [0, 0.05) is 41.5 Å². The fourth-order valence-electron chi connectivity index (χ4n) is 6.16. The summed E-state index contributed by atoms with van der Waals surface area (Å²) in [4.78, 5) is 40.3. The van der Waals surface area contributed by atoms with E-state index in [1.165, 1.54) is 17.8 Å². The fourth-order valence-corrected chi connectivity index (χ4v) is 6.16. The first kappa shape index (κ1) is 23.2. The Morgan fingerprint density at radius 2 is 1.90 bits per heavy atom. The van der Waals surface area contributed by atoms with Crippen molar-refractivity contribution in [3.8, 4) is 22.5 Å². The molecule has 2 bridgehead atoms. The molecule has 0 radical (unpaired) electrons. The lowest BCUT2D eigenvalue weighted by molar-refractivity contribution is 0.0556. The second-order valence-corrected chi connectivity index (χ2v) is 10.1. The number of nitrogen functional groups attached to an aromatic ring is 1. The maximum atomic E-state index is 13.1. The lowest BCUT2D eigenvalue weighted by Gasteiger charge is -2.38. The van der Waals surface area contributed by atoms with Gasteiger partial charge in [0.05, 0.1) is 23.1 Å². The minimum atomic E-state index is -0.161. The summed E-state index contributed by atoms with van der Waals surface area (Å²) in [7, 11) is 0. The third-order valence-corrected chi connectivity index (χ3v) is 7.87. The van der Waals surface area contributed by atoms with Crippen molar-refractivity contribution in [2.45, 2.75) is 50.6 Å². The third-order valence-electron chi connectivity index (χ3n) is 7.87. The average molecular weight is 524 g/mol. The number of amides is 1. The number of nitrogens with two attached hydrogens (primary N) is 1. The second kappa shape index (κ2) is 8.82. The Kier molecular flexibility index (Phi) is 5.25. The largest absolute Gasteiger partial charge is 0.383 e. The van der Waals surface area contributed by atoms with E-state index in [2.05, 4.69) is 35.5 Å². The molecule has 5 aromatic rings. The Balaban J connectivity index is 1.27. The van der Waals surface area contributed by atoms with Crippen LogP contribution in [0.3, 0.4) is 0 Å². The van der Waals surface area contributed by atoms with Gasteiger partial charge < -0.3 is 15.6 Å². The summed E-state index contributed by atoms with van der Waals surface area (Å²) in [6.07, 6.45) is 9.75. The minimum absolute atomic E-state index is 0.0218. The van der Waals surface area contributed by atoms with Gasteiger partial charge in [0.2, 0.25) is 5.82 Å². The summed E-state index contributed by atoms with van der Waals surface area (Å²) in [5, 5.41) is 19.1. The zero-order valence-corrected chi connectivity index (χ0v) is 21.1. The van der Waals surface area contributed by atoms with Crippen molar-refractivity contribution >= 4 is 23.2 Å². The quantitative estimate of drug-likeness (QED) is 0.292. The van der Waals surface area contributed by atoms with Crippen molar-refractivity contribution in [2.24, 2.45) is 0 Å². The first-order valence-corrected chi connectivity index (χ1v) is 12.8. The van der Waals surface area contributed by atoms with Gasteiger partial charge in [0.1, 0.15) is 17.8 Å². The average Bonchev–Trinajstić information content (AvgIpc) is 3.75. The highest BCUT2D eigenvalue weighted by atomic mass is 16.2. The number of aromatic amines is 2. The van der Waals surface area contributed by atoms with Crippen LogP contribution in [0.25, 0.3) is 28.2 Å². The summed E-state index contributed by atoms with van der Waals surface area (Å²) in [5.41, 5.74) is 11.3. The van der Waals surface area contributed by atoms with Crippen LogP contribution in [-0.2, 0) is 0 Å². The molecular formula is C26H25N11O2. The first-order valence-electron chi connectivity index (χ1n) is 12.8. The molecule has 3 atom stereocenters. The number of hydrogen-bond acceptors (Lipinski definition) is 9. The van der Waals surface area contributed by atoms with E-state index in [0.29, 0.717) is 29.7 Å². The fraction of sp³-hybridized carbons (Fsp3) is 0.308. The highest BCUT2D eigenvalue weighted by molar-refractivity contribution is 6.00. The van der Waals surface area contributed by atoms with Crippen LogP contribution in [0.15, 0.2) is 43.1 Å². The van der Waals surface area contributed by atoms with Crippen LogP contribution in [0.4, 0.5) is 5.82 Å². The zero-order chi connectivity index (χ0) is 26.7. The van der Waals surface area contributed by atoms with Crippen LogP contribution in [0.2, 0.25) is 0 Å². The molecule has 0 aromatic carbocycles. The third kappa shape index (κ3) is 3.68. The van der Waals surface area contributed by atoms with Gasteiger partial charge in [0.15, 0.2) is 11.4 Å². The molecule has 5 aromatic heterocycles. The van der Waals surface area contributed by atoms with Gasteiger partial charge in [0.25, 0.3) is 5.91 Å². The van der Waals surface area contributed by atoms with E-state index in [-0.39, 0.29) is 41.3 Å². The molecule has 0 aliphatic carbocycles. The summed E-state index contributed by atoms with van der Waals surface area (Å²) in [6.45, 7) is 1.50. The first-order chi connectivity index (χ1) is 19.0. The van der Waals surface area contributed by atoms with Gasteiger partial charge >= 0.3 is 0 Å². The molecule has 2 aliphatic rings. The molecule has 1 amide bonds. The normalized spacial score (nSPS) is 20.5. The van der Waals surface area contributed by atoms with Crippen LogP contribution < -0.4 is 5.73 Å². The Hall–Kier alpha value is -4.94. The lowest BCUT2D eigenvalue weighted by Crippen LogP contribution is -2.46. The number of rotatable bonds is 5. The Labute approximate surface area is 221 Å². The number of aromatic nitrogens is 9. The maximum Gasteiger partial charge on any atom is 0.292 e. The molecule has 7 heterocycles. The number of fused-ring (bicyclic) bond motifs is 3. The van der Waals surface area contributed by atoms with Gasteiger partial charge in [-0.15, -0.1) is 10.2 Å². The number of Topliss-reactive ketones (excluding diaryl/α,β-unsaturated/α-hetero) is 1. The molecule has 0 saturated carbocycles. The van der Waals surface area contributed by atoms with Gasteiger partial charge in [-0.05, 0) is 44.7 Å². The predicted molar refractivity (Wildman–Crippen MR) is 140 cm³/mol. The predicted octanol–water partition coefficient (Wildman–Crippen LogP) is 2.64. The molecule has 2 fully saturated rings. The summed E-state index contributed by atoms with van der Waals surface area (Å²) >= 11 is 0. The van der Waals surface area contributed by atoms with Gasteiger partial charge in [-0.2, -0.15) is 14.7 Å². The summed E-state index contributed by atoms with van der Waals surface area (Å²) in [5.74, 6) is 0.177. The highest BCUT2D eigenvalue weighted by Crippen LogP contribution is 2.45. The number of pyridine rings is 1. The molecule has 2 aliphatic heterocycles. The number of carbonyl (C=O) groups excluding carboxylic acids is 2. The zero-order valence-electron chi connectivity index (χ0n) is 21.1. The van der Waals surface area contributed by atoms with Crippen molar-refractivity contribution in [1.29, 1.82) is 0 Å². The summed E-state index contributed by atoms with van der Waals surface area (Å²) in [6, 6.07) is 5.73. The van der Waals surface area contributed by atoms with Crippen LogP contribution in [0.1, 0.15) is 65.2 Å². The van der Waals surface area contributed by atoms with Crippen LogP contribution >= 0.6 is 0 Å². The number of ketones is 1. The van der Waals surface area contributed by atoms with E-state index in [1.54, 1.807) is 18.6 Å². The van der Waals surface area contributed by atoms with Crippen LogP contribution in [-0.4, -0.2) is 73.6 Å². The SMILES string of the molecule is CC(=O)c1c([C@@H]2C[C@H]3CC[C@@H](C2)N3C(=O)c2nnc[nH]2)nc2c(-c3ccc(-c4cc[nH]n4)nc3)cnn2c1N. The van der Waals surface area contributed by atoms with Gasteiger partial charge in [-0.1, -0.05) is 6.07 Å². The molecule has 7 rings (SSSR count). The van der Waals surface area contributed by atoms with Crippen LogP contribution in [0.5, 0.6) is 0 Å². The number of H-pyrrole nitrogens is 2. The van der Waals surface area contributed by atoms with Gasteiger partial charge in [-0.3, -0.25) is 19.7 Å². The smallest absolute Gasteiger partial charge is 0.292 e. The highest BCUT2D eigenvalue weighted by Gasteiger charge is 2.45. The molecule has 0 spiro atoms. The van der Waals surface area contributed by atoms with E-state index in [0.717, 1.165) is 35.4 Å². The topological polar surface area (TPSA) is 177 Å². The lowest BCUT2D eigenvalue weighted by atomic mass is 9.85. The molecule has 196 valence electrons. The van der Waals surface area contributed by atoms with Crippen molar-refractivity contribution < 1.29 is 9.59 Å². The number of hydrogen-bond donors (Lipinski definition) is 3. The Bertz CT molecular complexity index is 1680. The molecule has 4 N–H and O–H groups in total. The second-order valence-electron chi connectivity index (χ2n) is 10.1. The van der Waals surface area contributed by atoms with Crippen molar-refractivity contribution in [2.75, 3.05) is 5.73 Å². The van der Waals surface area contributed by atoms with E-state index >= 15 is 0 Å². The monoisotopic (exact) mass is 523 g/mol. The van der Waals surface area contributed by atoms with E-state index in [1.807, 2.05) is 23.1 Å². The van der Waals surface area contributed by atoms with E-state index < -0.39 is 0 Å². The van der Waals surface area contributed by atoms with Crippen molar-refractivity contribution in [3.05, 3.63) is 60.2 Å². The van der Waals surface area contributed by atoms with E-state index in [4.69, 9.17) is 10.7 Å². The Morgan fingerprint density at radius 3 is 2.54 bits per heavy atom. The van der Waals surface area contributed by atoms with E-state index in [9.17, 15) is 9.59 Å². The molecule has 2 saturated heterocycles. The molecule has 0 unspecified atom stereocenters. The number of nitrogens with zero attached hydrogens (tertiary/aromatic N) is 8. The van der Waals surface area contributed by atoms with Crippen molar-refractivity contribution in [1.82, 2.24) is 49.9 Å². The number of carbonyl (C=O) groups is 2.